The molecule has 1 fully saturated rings. The van der Waals surface area contributed by atoms with E-state index in [2.05, 4.69) is 22.1 Å². The molecule has 0 bridgehead atoms. The second-order valence-electron chi connectivity index (χ2n) is 7.56. The molecule has 0 aromatic carbocycles. The van der Waals surface area contributed by atoms with E-state index in [-0.39, 0.29) is 12.0 Å². The third-order valence-corrected chi connectivity index (χ3v) is 5.51. The number of nitrogens with one attached hydrogen (secondary N) is 1. The third kappa shape index (κ3) is 4.57. The fourth-order valence-electron chi connectivity index (χ4n) is 3.82. The van der Waals surface area contributed by atoms with Crippen molar-refractivity contribution >= 4 is 17.4 Å². The zero-order valence-electron chi connectivity index (χ0n) is 17.1. The highest BCUT2D eigenvalue weighted by Gasteiger charge is 2.25. The molecule has 7 nitrogen and oxygen atoms in total. The number of amides is 1. The molecule has 1 atom stereocenters. The fourth-order valence-corrected chi connectivity index (χ4v) is 3.82. The smallest absolute Gasteiger partial charge is 0.256 e. The number of morpholine rings is 1. The van der Waals surface area contributed by atoms with E-state index in [4.69, 9.17) is 14.5 Å². The van der Waals surface area contributed by atoms with Gasteiger partial charge in [0.2, 0.25) is 0 Å². The van der Waals surface area contributed by atoms with Crippen molar-refractivity contribution in [2.45, 2.75) is 39.2 Å². The molecule has 2 aliphatic rings. The van der Waals surface area contributed by atoms with E-state index in [0.29, 0.717) is 37.5 Å². The van der Waals surface area contributed by atoms with E-state index in [9.17, 15) is 4.79 Å². The molecule has 0 unspecified atom stereocenters. The molecule has 0 aliphatic carbocycles. The molecule has 4 rings (SSSR count). The van der Waals surface area contributed by atoms with E-state index in [1.54, 1.807) is 6.20 Å². The number of pyridine rings is 2. The zero-order chi connectivity index (χ0) is 20.2. The number of carbonyl (C=O) groups is 1. The highest BCUT2D eigenvalue weighted by atomic mass is 16.5. The first-order valence-corrected chi connectivity index (χ1v) is 10.3. The first-order valence-electron chi connectivity index (χ1n) is 10.3. The quantitative estimate of drug-likeness (QED) is 0.856. The van der Waals surface area contributed by atoms with Crippen molar-refractivity contribution in [3.05, 3.63) is 46.9 Å². The maximum Gasteiger partial charge on any atom is 0.256 e. The normalized spacial score (nSPS) is 19.4. The van der Waals surface area contributed by atoms with Gasteiger partial charge >= 0.3 is 0 Å². The summed E-state index contributed by atoms with van der Waals surface area (Å²) >= 11 is 0. The highest BCUT2D eigenvalue weighted by molar-refractivity contribution is 6.05. The maximum atomic E-state index is 13.2. The van der Waals surface area contributed by atoms with Crippen molar-refractivity contribution in [1.82, 2.24) is 9.97 Å². The topological polar surface area (TPSA) is 76.6 Å². The van der Waals surface area contributed by atoms with Crippen LogP contribution in [0.4, 0.5) is 11.5 Å². The van der Waals surface area contributed by atoms with Crippen LogP contribution in [0, 0.1) is 6.92 Å². The average Bonchev–Trinajstić information content (AvgIpc) is 3.00. The molecule has 4 heterocycles. The Labute approximate surface area is 171 Å². The second kappa shape index (κ2) is 8.88. The zero-order valence-corrected chi connectivity index (χ0v) is 17.1. The Morgan fingerprint density at radius 2 is 2.14 bits per heavy atom. The number of carbonyl (C=O) groups excluding carboxylic acids is 1. The number of aryl methyl sites for hydroxylation is 1. The van der Waals surface area contributed by atoms with E-state index < -0.39 is 0 Å². The van der Waals surface area contributed by atoms with Gasteiger partial charge in [-0.15, -0.1) is 0 Å². The minimum absolute atomic E-state index is 0.127. The van der Waals surface area contributed by atoms with Gasteiger partial charge < -0.3 is 19.7 Å². The summed E-state index contributed by atoms with van der Waals surface area (Å²) in [4.78, 5) is 24.6. The lowest BCUT2D eigenvalue weighted by molar-refractivity contribution is 0.0381. The number of rotatable bonds is 4. The van der Waals surface area contributed by atoms with Crippen LogP contribution < -0.4 is 10.2 Å². The van der Waals surface area contributed by atoms with Crippen LogP contribution in [-0.4, -0.2) is 54.9 Å². The van der Waals surface area contributed by atoms with E-state index >= 15 is 0 Å². The minimum atomic E-state index is -0.127. The van der Waals surface area contributed by atoms with Crippen molar-refractivity contribution in [3.63, 3.8) is 0 Å². The number of anilines is 2. The standard InChI is InChI=1S/C22H28N4O3/c1-3-17-14-26(8-11-29-17)21-12-19(18-6-9-28-10-7-20(18)25-21)22(27)24-16-5-4-15(2)23-13-16/h4-5,12-13,17H,3,6-11,14H2,1-2H3,(H,24,27)/t17-/m1/s1. The molecule has 2 aromatic heterocycles. The number of ether oxygens (including phenoxy) is 2. The van der Waals surface area contributed by atoms with Gasteiger partial charge in [-0.05, 0) is 43.5 Å². The molecule has 0 saturated carbocycles. The first kappa shape index (κ1) is 19.8. The fraction of sp³-hybridized carbons (Fsp3) is 0.500. The van der Waals surface area contributed by atoms with Crippen LogP contribution in [0.5, 0.6) is 0 Å². The van der Waals surface area contributed by atoms with Crippen LogP contribution in [-0.2, 0) is 22.3 Å². The summed E-state index contributed by atoms with van der Waals surface area (Å²) in [5, 5.41) is 2.99. The minimum Gasteiger partial charge on any atom is -0.381 e. The molecule has 29 heavy (non-hydrogen) atoms. The molecule has 2 aliphatic heterocycles. The lowest BCUT2D eigenvalue weighted by Crippen LogP contribution is -2.42. The highest BCUT2D eigenvalue weighted by Crippen LogP contribution is 2.26. The Bertz CT molecular complexity index is 869. The van der Waals surface area contributed by atoms with Gasteiger partial charge in [-0.1, -0.05) is 6.92 Å². The number of fused-ring (bicyclic) bond motifs is 1. The summed E-state index contributed by atoms with van der Waals surface area (Å²) in [7, 11) is 0. The van der Waals surface area contributed by atoms with E-state index in [0.717, 1.165) is 48.7 Å². The van der Waals surface area contributed by atoms with Crippen LogP contribution >= 0.6 is 0 Å². The van der Waals surface area contributed by atoms with Gasteiger partial charge in [-0.3, -0.25) is 9.78 Å². The average molecular weight is 396 g/mol. The summed E-state index contributed by atoms with van der Waals surface area (Å²) in [5.41, 5.74) is 4.24. The lowest BCUT2D eigenvalue weighted by Gasteiger charge is -2.34. The van der Waals surface area contributed by atoms with Gasteiger partial charge in [-0.2, -0.15) is 0 Å². The summed E-state index contributed by atoms with van der Waals surface area (Å²) < 4.78 is 11.4. The van der Waals surface area contributed by atoms with Crippen LogP contribution in [0.1, 0.15) is 40.7 Å². The van der Waals surface area contributed by atoms with E-state index in [1.807, 2.05) is 25.1 Å². The maximum absolute atomic E-state index is 13.2. The number of nitrogens with zero attached hydrogens (tertiary/aromatic N) is 3. The molecule has 2 aromatic rings. The second-order valence-corrected chi connectivity index (χ2v) is 7.56. The number of aromatic nitrogens is 2. The molecule has 1 amide bonds. The Hall–Kier alpha value is -2.51. The number of hydrogen-bond acceptors (Lipinski definition) is 6. The van der Waals surface area contributed by atoms with Crippen LogP contribution in [0.3, 0.4) is 0 Å². The van der Waals surface area contributed by atoms with Gasteiger partial charge in [0, 0.05) is 36.5 Å². The van der Waals surface area contributed by atoms with Crippen molar-refractivity contribution in [2.75, 3.05) is 43.1 Å². The van der Waals surface area contributed by atoms with Gasteiger partial charge in [0.1, 0.15) is 5.82 Å². The van der Waals surface area contributed by atoms with Crippen molar-refractivity contribution < 1.29 is 14.3 Å². The van der Waals surface area contributed by atoms with Crippen LogP contribution in [0.25, 0.3) is 0 Å². The molecule has 0 radical (unpaired) electrons. The van der Waals surface area contributed by atoms with Crippen molar-refractivity contribution in [3.8, 4) is 0 Å². The third-order valence-electron chi connectivity index (χ3n) is 5.51. The van der Waals surface area contributed by atoms with Crippen LogP contribution in [0.2, 0.25) is 0 Å². The number of hydrogen-bond donors (Lipinski definition) is 1. The molecule has 0 spiro atoms. The summed E-state index contributed by atoms with van der Waals surface area (Å²) in [6.45, 7) is 7.54. The SMILES string of the molecule is CC[C@@H]1CN(c2cc(C(=O)Nc3ccc(C)nc3)c3c(n2)CCOCC3)CCO1. The first-order chi connectivity index (χ1) is 14.1. The summed E-state index contributed by atoms with van der Waals surface area (Å²) in [6.07, 6.45) is 4.26. The van der Waals surface area contributed by atoms with Gasteiger partial charge in [0.05, 0.1) is 37.8 Å². The van der Waals surface area contributed by atoms with Crippen molar-refractivity contribution in [1.29, 1.82) is 0 Å². The van der Waals surface area contributed by atoms with Gasteiger partial charge in [0.25, 0.3) is 5.91 Å². The summed E-state index contributed by atoms with van der Waals surface area (Å²) in [5.74, 6) is 0.720. The van der Waals surface area contributed by atoms with Crippen LogP contribution in [0.15, 0.2) is 24.4 Å². The molecule has 1 N–H and O–H groups in total. The Kier molecular flexibility index (Phi) is 6.06. The molecular weight excluding hydrogens is 368 g/mol. The Balaban J connectivity index is 1.67. The van der Waals surface area contributed by atoms with E-state index in [1.165, 1.54) is 0 Å². The predicted molar refractivity (Wildman–Crippen MR) is 112 cm³/mol. The molecule has 7 heteroatoms. The molecular formula is C22H28N4O3. The molecule has 1 saturated heterocycles. The largest absolute Gasteiger partial charge is 0.381 e. The Morgan fingerprint density at radius 1 is 1.28 bits per heavy atom. The summed E-state index contributed by atoms with van der Waals surface area (Å²) in [6, 6.07) is 5.69. The van der Waals surface area contributed by atoms with Crippen molar-refractivity contribution in [2.24, 2.45) is 0 Å². The van der Waals surface area contributed by atoms with Gasteiger partial charge in [-0.25, -0.2) is 4.98 Å². The monoisotopic (exact) mass is 396 g/mol. The predicted octanol–water partition coefficient (Wildman–Crippen LogP) is 2.77. The van der Waals surface area contributed by atoms with Gasteiger partial charge in [0.15, 0.2) is 0 Å². The lowest BCUT2D eigenvalue weighted by atomic mass is 10.0. The Morgan fingerprint density at radius 3 is 2.93 bits per heavy atom. The molecule has 154 valence electrons.